The zero-order valence-electron chi connectivity index (χ0n) is 10.7. The van der Waals surface area contributed by atoms with E-state index in [1.807, 2.05) is 0 Å². The van der Waals surface area contributed by atoms with Crippen LogP contribution in [0.5, 0.6) is 5.75 Å². The fourth-order valence-electron chi connectivity index (χ4n) is 1.79. The largest absolute Gasteiger partial charge is 0.485 e. The van der Waals surface area contributed by atoms with Crippen molar-refractivity contribution in [3.63, 3.8) is 0 Å². The van der Waals surface area contributed by atoms with E-state index in [1.54, 1.807) is 38.3 Å². The zero-order valence-corrected chi connectivity index (χ0v) is 10.7. The number of carbonyl (C=O) groups is 1. The highest BCUT2D eigenvalue weighted by atomic mass is 19.1. The van der Waals surface area contributed by atoms with E-state index in [-0.39, 0.29) is 23.1 Å². The van der Waals surface area contributed by atoms with Crippen molar-refractivity contribution in [1.82, 2.24) is 4.98 Å². The number of rotatable bonds is 5. The third-order valence-corrected chi connectivity index (χ3v) is 2.64. The molecule has 1 aromatic carbocycles. The van der Waals surface area contributed by atoms with Gasteiger partial charge in [0.15, 0.2) is 17.9 Å². The van der Waals surface area contributed by atoms with E-state index in [1.165, 1.54) is 0 Å². The number of halogens is 1. The van der Waals surface area contributed by atoms with Gasteiger partial charge in [0, 0.05) is 12.5 Å². The second kappa shape index (κ2) is 5.75. The van der Waals surface area contributed by atoms with Crippen LogP contribution in [0, 0.1) is 5.82 Å². The van der Waals surface area contributed by atoms with Crippen molar-refractivity contribution in [2.75, 3.05) is 13.7 Å². The normalized spacial score (nSPS) is 12.4. The van der Waals surface area contributed by atoms with Crippen LogP contribution in [0.2, 0.25) is 0 Å². The number of aldehydes is 1. The Bertz CT molecular complexity index is 601. The van der Waals surface area contributed by atoms with E-state index < -0.39 is 5.82 Å². The number of nitrogens with zero attached hydrogens (tertiary/aromatic N) is 1. The summed E-state index contributed by atoms with van der Waals surface area (Å²) in [6.07, 6.45) is 0.311. The molecule has 1 aromatic heterocycles. The van der Waals surface area contributed by atoms with Crippen molar-refractivity contribution in [2.24, 2.45) is 0 Å². The van der Waals surface area contributed by atoms with Crippen molar-refractivity contribution in [1.29, 1.82) is 0 Å². The number of hydrogen-bond acceptors (Lipinski definition) is 4. The SMILES string of the molecule is COC[C@@H](C)Oc1ccc2ccc(C=O)nc2c1F. The molecule has 0 amide bonds. The Kier molecular flexibility index (Phi) is 4.06. The van der Waals surface area contributed by atoms with Crippen molar-refractivity contribution >= 4 is 17.2 Å². The van der Waals surface area contributed by atoms with Crippen LogP contribution in [0.15, 0.2) is 24.3 Å². The number of methoxy groups -OCH3 is 1. The van der Waals surface area contributed by atoms with Crippen molar-refractivity contribution in [3.05, 3.63) is 35.8 Å². The molecule has 0 N–H and O–H groups in total. The first-order valence-electron chi connectivity index (χ1n) is 5.85. The van der Waals surface area contributed by atoms with E-state index in [9.17, 15) is 9.18 Å². The minimum absolute atomic E-state index is 0.104. The first-order chi connectivity index (χ1) is 9.15. The van der Waals surface area contributed by atoms with Gasteiger partial charge < -0.3 is 9.47 Å². The van der Waals surface area contributed by atoms with Crippen LogP contribution < -0.4 is 4.74 Å². The molecule has 5 heteroatoms. The molecular formula is C14H14FNO3. The van der Waals surface area contributed by atoms with Crippen LogP contribution in [-0.2, 0) is 4.74 Å². The van der Waals surface area contributed by atoms with E-state index in [2.05, 4.69) is 4.98 Å². The molecule has 2 rings (SSSR count). The average molecular weight is 263 g/mol. The Morgan fingerprint density at radius 3 is 2.79 bits per heavy atom. The number of benzene rings is 1. The van der Waals surface area contributed by atoms with Gasteiger partial charge in [-0.3, -0.25) is 4.79 Å². The summed E-state index contributed by atoms with van der Waals surface area (Å²) in [6, 6.07) is 6.45. The Morgan fingerprint density at radius 1 is 1.37 bits per heavy atom. The maximum absolute atomic E-state index is 14.2. The fraction of sp³-hybridized carbons (Fsp3) is 0.286. The molecule has 100 valence electrons. The zero-order chi connectivity index (χ0) is 13.8. The van der Waals surface area contributed by atoms with Gasteiger partial charge in [0.1, 0.15) is 17.3 Å². The number of carbonyl (C=O) groups excluding carboxylic acids is 1. The second-order valence-corrected chi connectivity index (χ2v) is 4.19. The molecule has 0 aliphatic carbocycles. The molecule has 1 heterocycles. The molecule has 0 fully saturated rings. The highest BCUT2D eigenvalue weighted by Crippen LogP contribution is 2.26. The third-order valence-electron chi connectivity index (χ3n) is 2.64. The highest BCUT2D eigenvalue weighted by Gasteiger charge is 2.13. The fourth-order valence-corrected chi connectivity index (χ4v) is 1.79. The predicted octanol–water partition coefficient (Wildman–Crippen LogP) is 2.60. The summed E-state index contributed by atoms with van der Waals surface area (Å²) in [5.74, 6) is -0.461. The Morgan fingerprint density at radius 2 is 2.11 bits per heavy atom. The molecule has 1 atom stereocenters. The predicted molar refractivity (Wildman–Crippen MR) is 69.1 cm³/mol. The number of fused-ring (bicyclic) bond motifs is 1. The third kappa shape index (κ3) is 2.88. The van der Waals surface area contributed by atoms with E-state index >= 15 is 0 Å². The van der Waals surface area contributed by atoms with Gasteiger partial charge in [-0.1, -0.05) is 6.07 Å². The van der Waals surface area contributed by atoms with Gasteiger partial charge in [0.25, 0.3) is 0 Å². The monoisotopic (exact) mass is 263 g/mol. The lowest BCUT2D eigenvalue weighted by molar-refractivity contribution is 0.0895. The first-order valence-corrected chi connectivity index (χ1v) is 5.85. The summed E-state index contributed by atoms with van der Waals surface area (Å²) in [5, 5.41) is 0.620. The summed E-state index contributed by atoms with van der Waals surface area (Å²) < 4.78 is 24.6. The van der Waals surface area contributed by atoms with Crippen LogP contribution in [0.4, 0.5) is 4.39 Å². The molecule has 2 aromatic rings. The maximum atomic E-state index is 14.2. The number of aromatic nitrogens is 1. The molecule has 0 aliphatic heterocycles. The molecule has 0 saturated carbocycles. The van der Waals surface area contributed by atoms with Gasteiger partial charge in [-0.15, -0.1) is 0 Å². The van der Waals surface area contributed by atoms with Crippen molar-refractivity contribution in [2.45, 2.75) is 13.0 Å². The summed E-state index contributed by atoms with van der Waals surface area (Å²) in [4.78, 5) is 14.6. The molecule has 0 saturated heterocycles. The van der Waals surface area contributed by atoms with Gasteiger partial charge in [0.05, 0.1) is 6.61 Å². The van der Waals surface area contributed by atoms with Crippen LogP contribution in [0.25, 0.3) is 10.9 Å². The molecule has 0 aliphatic rings. The Labute approximate surface area is 110 Å². The Balaban J connectivity index is 2.40. The molecule has 0 radical (unpaired) electrons. The smallest absolute Gasteiger partial charge is 0.191 e. The van der Waals surface area contributed by atoms with Crippen molar-refractivity contribution in [3.8, 4) is 5.75 Å². The Hall–Kier alpha value is -2.01. The lowest BCUT2D eigenvalue weighted by Gasteiger charge is -2.14. The molecule has 0 spiro atoms. The van der Waals surface area contributed by atoms with Crippen LogP contribution >= 0.6 is 0 Å². The van der Waals surface area contributed by atoms with Crippen LogP contribution in [0.1, 0.15) is 17.4 Å². The van der Waals surface area contributed by atoms with E-state index in [4.69, 9.17) is 9.47 Å². The lowest BCUT2D eigenvalue weighted by Crippen LogP contribution is -2.18. The summed E-state index contributed by atoms with van der Waals surface area (Å²) in [5.41, 5.74) is 0.320. The lowest BCUT2D eigenvalue weighted by atomic mass is 10.2. The molecular weight excluding hydrogens is 249 g/mol. The highest BCUT2D eigenvalue weighted by molar-refractivity contribution is 5.84. The first kappa shape index (κ1) is 13.4. The summed E-state index contributed by atoms with van der Waals surface area (Å²) >= 11 is 0. The number of pyridine rings is 1. The van der Waals surface area contributed by atoms with Crippen LogP contribution in [0.3, 0.4) is 0 Å². The van der Waals surface area contributed by atoms with Crippen LogP contribution in [-0.4, -0.2) is 31.1 Å². The van der Waals surface area contributed by atoms with Gasteiger partial charge in [-0.25, -0.2) is 9.37 Å². The summed E-state index contributed by atoms with van der Waals surface area (Å²) in [6.45, 7) is 2.14. The molecule has 4 nitrogen and oxygen atoms in total. The topological polar surface area (TPSA) is 48.4 Å². The van der Waals surface area contributed by atoms with E-state index in [0.29, 0.717) is 18.3 Å². The van der Waals surface area contributed by atoms with Gasteiger partial charge in [-0.2, -0.15) is 0 Å². The van der Waals surface area contributed by atoms with E-state index in [0.717, 1.165) is 0 Å². The van der Waals surface area contributed by atoms with Gasteiger partial charge in [-0.05, 0) is 25.1 Å². The second-order valence-electron chi connectivity index (χ2n) is 4.19. The molecule has 0 bridgehead atoms. The maximum Gasteiger partial charge on any atom is 0.191 e. The molecule has 19 heavy (non-hydrogen) atoms. The summed E-state index contributed by atoms with van der Waals surface area (Å²) in [7, 11) is 1.55. The number of ether oxygens (including phenoxy) is 2. The minimum Gasteiger partial charge on any atom is -0.485 e. The number of hydrogen-bond donors (Lipinski definition) is 0. The van der Waals surface area contributed by atoms with Gasteiger partial charge >= 0.3 is 0 Å². The quantitative estimate of drug-likeness (QED) is 0.778. The van der Waals surface area contributed by atoms with Crippen molar-refractivity contribution < 1.29 is 18.7 Å². The minimum atomic E-state index is -0.566. The standard InChI is InChI=1S/C14H14FNO3/c1-9(8-18-2)19-12-6-4-10-3-5-11(7-17)16-14(10)13(12)15/h3-7,9H,8H2,1-2H3/t9-/m1/s1. The van der Waals surface area contributed by atoms with Gasteiger partial charge in [0.2, 0.25) is 0 Å². The average Bonchev–Trinajstić information content (AvgIpc) is 2.42. The molecule has 0 unspecified atom stereocenters.